The summed E-state index contributed by atoms with van der Waals surface area (Å²) in [5.74, 6) is 1.30. The predicted octanol–water partition coefficient (Wildman–Crippen LogP) is 4.28. The Morgan fingerprint density at radius 2 is 2.00 bits per heavy atom. The van der Waals surface area contributed by atoms with Crippen LogP contribution in [-0.2, 0) is 13.1 Å². The van der Waals surface area contributed by atoms with Crippen molar-refractivity contribution in [2.75, 3.05) is 19.7 Å². The van der Waals surface area contributed by atoms with Gasteiger partial charge in [0.05, 0.1) is 23.4 Å². The van der Waals surface area contributed by atoms with Crippen molar-refractivity contribution >= 4 is 23.7 Å². The van der Waals surface area contributed by atoms with Gasteiger partial charge in [-0.2, -0.15) is 5.10 Å². The molecule has 1 amide bonds. The molecule has 3 aromatic rings. The van der Waals surface area contributed by atoms with Gasteiger partial charge >= 0.3 is 0 Å². The third kappa shape index (κ3) is 5.22. The van der Waals surface area contributed by atoms with Crippen molar-refractivity contribution in [3.8, 4) is 5.75 Å². The Balaban J connectivity index is 1.31. The molecule has 2 aliphatic rings. The smallest absolute Gasteiger partial charge is 0.272 e. The molecule has 2 aromatic carbocycles. The van der Waals surface area contributed by atoms with E-state index in [0.717, 1.165) is 55.2 Å². The number of fused-ring (bicyclic) bond motifs is 4. The van der Waals surface area contributed by atoms with Gasteiger partial charge in [-0.05, 0) is 61.2 Å². The van der Waals surface area contributed by atoms with E-state index < -0.39 is 0 Å². The Bertz CT molecular complexity index is 1350. The highest BCUT2D eigenvalue weighted by Crippen LogP contribution is 2.36. The number of pyridine rings is 1. The van der Waals surface area contributed by atoms with Crippen LogP contribution < -0.4 is 15.7 Å². The van der Waals surface area contributed by atoms with Gasteiger partial charge in [-0.1, -0.05) is 29.8 Å². The largest absolute Gasteiger partial charge is 0.494 e. The number of carbonyl (C=O) groups is 1. The molecule has 1 aromatic heterocycles. The lowest BCUT2D eigenvalue weighted by Gasteiger charge is -2.43. The van der Waals surface area contributed by atoms with Gasteiger partial charge in [0.15, 0.2) is 0 Å². The van der Waals surface area contributed by atoms with E-state index in [-0.39, 0.29) is 11.5 Å². The van der Waals surface area contributed by atoms with E-state index in [1.807, 2.05) is 29.7 Å². The van der Waals surface area contributed by atoms with Crippen molar-refractivity contribution < 1.29 is 9.53 Å². The van der Waals surface area contributed by atoms with Crippen LogP contribution in [0.2, 0.25) is 5.02 Å². The number of halogens is 1. The average molecular weight is 505 g/mol. The van der Waals surface area contributed by atoms with Gasteiger partial charge in [0.2, 0.25) is 0 Å². The van der Waals surface area contributed by atoms with E-state index >= 15 is 0 Å². The number of rotatable bonds is 7. The average Bonchev–Trinajstić information content (AvgIpc) is 2.86. The molecule has 0 saturated carbocycles. The second-order valence-corrected chi connectivity index (χ2v) is 9.78. The molecule has 7 nitrogen and oxygen atoms in total. The van der Waals surface area contributed by atoms with E-state index in [2.05, 4.69) is 27.6 Å². The lowest BCUT2D eigenvalue weighted by molar-refractivity contribution is 0.0955. The number of likely N-dealkylation sites (tertiary alicyclic amines) is 1. The van der Waals surface area contributed by atoms with Gasteiger partial charge in [-0.3, -0.25) is 14.5 Å². The highest BCUT2D eigenvalue weighted by atomic mass is 35.5. The summed E-state index contributed by atoms with van der Waals surface area (Å²) in [5, 5.41) is 4.51. The number of nitrogens with zero attached hydrogens (tertiary/aromatic N) is 3. The van der Waals surface area contributed by atoms with Crippen molar-refractivity contribution in [3.05, 3.63) is 98.4 Å². The Morgan fingerprint density at radius 3 is 2.83 bits per heavy atom. The van der Waals surface area contributed by atoms with E-state index in [0.29, 0.717) is 29.0 Å². The standard InChI is InChI=1S/C28H29ClN4O3/c1-2-36-26-11-10-19(14-30-31-28(35)23-6-3-4-7-24(23)29)12-22(26)18-32-15-20-13-21(17-32)25-8-5-9-27(34)33(25)16-20/h3-12,14,20-21H,2,13,15-18H2,1H3,(H,31,35). The summed E-state index contributed by atoms with van der Waals surface area (Å²) in [5.41, 5.74) is 6.10. The van der Waals surface area contributed by atoms with Crippen LogP contribution in [0.4, 0.5) is 0 Å². The first-order valence-electron chi connectivity index (χ1n) is 12.3. The molecule has 36 heavy (non-hydrogen) atoms. The van der Waals surface area contributed by atoms with Gasteiger partial charge in [0.25, 0.3) is 11.5 Å². The summed E-state index contributed by atoms with van der Waals surface area (Å²) in [6, 6.07) is 18.4. The number of piperidine rings is 1. The lowest BCUT2D eigenvalue weighted by Crippen LogP contribution is -2.46. The third-order valence-electron chi connectivity index (χ3n) is 6.83. The maximum Gasteiger partial charge on any atom is 0.272 e. The van der Waals surface area contributed by atoms with Crippen LogP contribution in [0.25, 0.3) is 0 Å². The van der Waals surface area contributed by atoms with Gasteiger partial charge in [-0.25, -0.2) is 5.43 Å². The first-order valence-corrected chi connectivity index (χ1v) is 12.7. The van der Waals surface area contributed by atoms with Crippen molar-refractivity contribution in [2.45, 2.75) is 32.4 Å². The van der Waals surface area contributed by atoms with Crippen molar-refractivity contribution in [1.82, 2.24) is 14.9 Å². The fourth-order valence-electron chi connectivity index (χ4n) is 5.34. The van der Waals surface area contributed by atoms with Crippen LogP contribution in [0.1, 0.15) is 46.4 Å². The maximum absolute atomic E-state index is 12.4. The molecule has 8 heteroatoms. The molecule has 1 N–H and O–H groups in total. The number of hydrazone groups is 1. The van der Waals surface area contributed by atoms with Crippen LogP contribution in [0.3, 0.4) is 0 Å². The summed E-state index contributed by atoms with van der Waals surface area (Å²) in [6.45, 7) is 5.91. The van der Waals surface area contributed by atoms with Crippen LogP contribution in [0.5, 0.6) is 5.75 Å². The summed E-state index contributed by atoms with van der Waals surface area (Å²) < 4.78 is 7.87. The van der Waals surface area contributed by atoms with Gasteiger partial charge < -0.3 is 9.30 Å². The summed E-state index contributed by atoms with van der Waals surface area (Å²) in [7, 11) is 0. The highest BCUT2D eigenvalue weighted by Gasteiger charge is 2.34. The highest BCUT2D eigenvalue weighted by molar-refractivity contribution is 6.33. The number of hydrogen-bond donors (Lipinski definition) is 1. The molecule has 0 radical (unpaired) electrons. The molecule has 0 spiro atoms. The molecule has 2 atom stereocenters. The number of carbonyl (C=O) groups excluding carboxylic acids is 1. The van der Waals surface area contributed by atoms with E-state index in [9.17, 15) is 9.59 Å². The SMILES string of the molecule is CCOc1ccc(C=NNC(=O)c2ccccc2Cl)cc1CN1CC2CC(C1)c1cccc(=O)n1C2. The maximum atomic E-state index is 12.4. The minimum atomic E-state index is -0.359. The van der Waals surface area contributed by atoms with Gasteiger partial charge in [-0.15, -0.1) is 0 Å². The molecule has 2 unspecified atom stereocenters. The zero-order valence-corrected chi connectivity index (χ0v) is 20.9. The van der Waals surface area contributed by atoms with Gasteiger partial charge in [0, 0.05) is 49.4 Å². The quantitative estimate of drug-likeness (QED) is 0.385. The molecule has 3 heterocycles. The number of amides is 1. The topological polar surface area (TPSA) is 75.9 Å². The third-order valence-corrected chi connectivity index (χ3v) is 7.16. The lowest BCUT2D eigenvalue weighted by atomic mass is 9.83. The minimum absolute atomic E-state index is 0.0999. The second kappa shape index (κ2) is 10.7. The van der Waals surface area contributed by atoms with Crippen LogP contribution in [0, 0.1) is 5.92 Å². The molecular formula is C28H29ClN4O3. The van der Waals surface area contributed by atoms with Crippen molar-refractivity contribution in [2.24, 2.45) is 11.0 Å². The van der Waals surface area contributed by atoms with Crippen LogP contribution in [0.15, 0.2) is 70.6 Å². The van der Waals surface area contributed by atoms with Crippen LogP contribution >= 0.6 is 11.6 Å². The van der Waals surface area contributed by atoms with E-state index in [1.54, 1.807) is 36.5 Å². The summed E-state index contributed by atoms with van der Waals surface area (Å²) in [4.78, 5) is 27.2. The Kier molecular flexibility index (Phi) is 7.20. The molecule has 0 aliphatic carbocycles. The zero-order valence-electron chi connectivity index (χ0n) is 20.2. The predicted molar refractivity (Wildman–Crippen MR) is 141 cm³/mol. The first kappa shape index (κ1) is 24.3. The minimum Gasteiger partial charge on any atom is -0.494 e. The first-order chi connectivity index (χ1) is 17.5. The number of nitrogens with one attached hydrogen (secondary N) is 1. The second-order valence-electron chi connectivity index (χ2n) is 9.37. The zero-order chi connectivity index (χ0) is 25.1. The van der Waals surface area contributed by atoms with E-state index in [1.165, 1.54) is 0 Å². The van der Waals surface area contributed by atoms with E-state index in [4.69, 9.17) is 16.3 Å². The fourth-order valence-corrected chi connectivity index (χ4v) is 5.56. The molecule has 1 saturated heterocycles. The molecule has 1 fully saturated rings. The van der Waals surface area contributed by atoms with Gasteiger partial charge in [0.1, 0.15) is 5.75 Å². The Morgan fingerprint density at radius 1 is 1.14 bits per heavy atom. The summed E-state index contributed by atoms with van der Waals surface area (Å²) >= 11 is 6.10. The Labute approximate surface area is 215 Å². The fraction of sp³-hybridized carbons (Fsp3) is 0.321. The number of benzene rings is 2. The van der Waals surface area contributed by atoms with Crippen molar-refractivity contribution in [3.63, 3.8) is 0 Å². The number of aromatic nitrogens is 1. The van der Waals surface area contributed by atoms with Crippen LogP contribution in [-0.4, -0.2) is 41.3 Å². The Hall–Kier alpha value is -3.42. The molecule has 186 valence electrons. The number of ether oxygens (including phenoxy) is 1. The number of hydrogen-bond acceptors (Lipinski definition) is 5. The monoisotopic (exact) mass is 504 g/mol. The summed E-state index contributed by atoms with van der Waals surface area (Å²) in [6.07, 6.45) is 2.75. The molecular weight excluding hydrogens is 476 g/mol. The molecule has 2 bridgehead atoms. The molecule has 5 rings (SSSR count). The van der Waals surface area contributed by atoms with Crippen molar-refractivity contribution in [1.29, 1.82) is 0 Å². The molecule has 2 aliphatic heterocycles. The normalized spacial score (nSPS) is 19.2.